The highest BCUT2D eigenvalue weighted by Crippen LogP contribution is 2.27. The van der Waals surface area contributed by atoms with Crippen LogP contribution in [0.3, 0.4) is 0 Å². The van der Waals surface area contributed by atoms with E-state index in [9.17, 15) is 0 Å². The number of hydrogen-bond donors (Lipinski definition) is 1. The van der Waals surface area contributed by atoms with Crippen molar-refractivity contribution in [3.63, 3.8) is 0 Å². The van der Waals surface area contributed by atoms with Gasteiger partial charge in [-0.1, -0.05) is 0 Å². The molecule has 0 saturated carbocycles. The fourth-order valence-corrected chi connectivity index (χ4v) is 1.02. The SMILES string of the molecule is COC(OC)c1oc(O)cc1C. The number of rotatable bonds is 3. The fourth-order valence-electron chi connectivity index (χ4n) is 1.02. The van der Waals surface area contributed by atoms with Crippen molar-refractivity contribution in [1.29, 1.82) is 0 Å². The minimum atomic E-state index is -0.550. The Morgan fingerprint density at radius 1 is 1.42 bits per heavy atom. The minimum absolute atomic E-state index is 0.124. The molecule has 4 heteroatoms. The molecular formula is C8H12O4. The summed E-state index contributed by atoms with van der Waals surface area (Å²) in [6, 6.07) is 1.51. The fraction of sp³-hybridized carbons (Fsp3) is 0.500. The average Bonchev–Trinajstić information content (AvgIpc) is 2.34. The zero-order chi connectivity index (χ0) is 9.14. The summed E-state index contributed by atoms with van der Waals surface area (Å²) in [6.07, 6.45) is -0.550. The highest BCUT2D eigenvalue weighted by atomic mass is 16.7. The van der Waals surface area contributed by atoms with Gasteiger partial charge >= 0.3 is 0 Å². The number of ether oxygens (including phenoxy) is 2. The van der Waals surface area contributed by atoms with Crippen molar-refractivity contribution >= 4 is 0 Å². The summed E-state index contributed by atoms with van der Waals surface area (Å²) in [5.41, 5.74) is 0.807. The maximum absolute atomic E-state index is 9.00. The Morgan fingerprint density at radius 3 is 2.33 bits per heavy atom. The molecule has 0 fully saturated rings. The van der Waals surface area contributed by atoms with E-state index in [1.54, 1.807) is 0 Å². The van der Waals surface area contributed by atoms with Gasteiger partial charge in [-0.25, -0.2) is 0 Å². The van der Waals surface area contributed by atoms with Crippen molar-refractivity contribution in [2.75, 3.05) is 14.2 Å². The van der Waals surface area contributed by atoms with E-state index in [1.807, 2.05) is 6.92 Å². The quantitative estimate of drug-likeness (QED) is 0.703. The summed E-state index contributed by atoms with van der Waals surface area (Å²) < 4.78 is 14.9. The van der Waals surface area contributed by atoms with Gasteiger partial charge in [0.15, 0.2) is 5.76 Å². The van der Waals surface area contributed by atoms with E-state index < -0.39 is 6.29 Å². The first-order valence-electron chi connectivity index (χ1n) is 3.54. The van der Waals surface area contributed by atoms with Crippen LogP contribution >= 0.6 is 0 Å². The van der Waals surface area contributed by atoms with Gasteiger partial charge in [0.25, 0.3) is 5.95 Å². The molecule has 0 aromatic carbocycles. The van der Waals surface area contributed by atoms with Crippen LogP contribution in [0.4, 0.5) is 0 Å². The smallest absolute Gasteiger partial charge is 0.282 e. The molecule has 0 atom stereocenters. The van der Waals surface area contributed by atoms with Gasteiger partial charge in [-0.15, -0.1) is 0 Å². The van der Waals surface area contributed by atoms with Crippen molar-refractivity contribution in [2.24, 2.45) is 0 Å². The number of methoxy groups -OCH3 is 2. The van der Waals surface area contributed by atoms with E-state index in [-0.39, 0.29) is 5.95 Å². The molecule has 0 spiro atoms. The molecule has 0 saturated heterocycles. The lowest BCUT2D eigenvalue weighted by Crippen LogP contribution is -2.03. The van der Waals surface area contributed by atoms with Crippen LogP contribution in [0.25, 0.3) is 0 Å². The van der Waals surface area contributed by atoms with Crippen LogP contribution in [-0.4, -0.2) is 19.3 Å². The molecule has 0 radical (unpaired) electrons. The van der Waals surface area contributed by atoms with Crippen LogP contribution in [0.2, 0.25) is 0 Å². The van der Waals surface area contributed by atoms with Crippen molar-refractivity contribution in [3.05, 3.63) is 17.4 Å². The Bertz CT molecular complexity index is 250. The average molecular weight is 172 g/mol. The van der Waals surface area contributed by atoms with Gasteiger partial charge in [0.2, 0.25) is 6.29 Å². The van der Waals surface area contributed by atoms with Crippen molar-refractivity contribution in [1.82, 2.24) is 0 Å². The van der Waals surface area contributed by atoms with Crippen LogP contribution in [0.1, 0.15) is 17.6 Å². The zero-order valence-corrected chi connectivity index (χ0v) is 7.33. The monoisotopic (exact) mass is 172 g/mol. The molecule has 0 unspecified atom stereocenters. The molecule has 68 valence electrons. The highest BCUT2D eigenvalue weighted by molar-refractivity contribution is 5.23. The standard InChI is InChI=1S/C8H12O4/c1-5-4-6(9)12-7(5)8(10-2)11-3/h4,8-9H,1-3H3. The summed E-state index contributed by atoms with van der Waals surface area (Å²) in [5, 5.41) is 9.00. The number of hydrogen-bond acceptors (Lipinski definition) is 4. The first-order valence-corrected chi connectivity index (χ1v) is 3.54. The molecule has 4 nitrogen and oxygen atoms in total. The van der Waals surface area contributed by atoms with Crippen LogP contribution in [0, 0.1) is 6.92 Å². The molecule has 0 aliphatic heterocycles. The molecule has 0 amide bonds. The number of aromatic hydroxyl groups is 1. The van der Waals surface area contributed by atoms with Crippen LogP contribution in [0.15, 0.2) is 10.5 Å². The Hall–Kier alpha value is -1.00. The summed E-state index contributed by atoms with van der Waals surface area (Å²) in [7, 11) is 3.01. The minimum Gasteiger partial charge on any atom is -0.481 e. The third-order valence-corrected chi connectivity index (χ3v) is 1.59. The maximum Gasteiger partial charge on any atom is 0.282 e. The summed E-state index contributed by atoms with van der Waals surface area (Å²) >= 11 is 0. The molecule has 0 aliphatic rings. The third-order valence-electron chi connectivity index (χ3n) is 1.59. The topological polar surface area (TPSA) is 51.8 Å². The summed E-state index contributed by atoms with van der Waals surface area (Å²) in [5.74, 6) is 0.374. The second kappa shape index (κ2) is 3.60. The molecule has 1 heterocycles. The Labute approximate surface area is 70.7 Å². The molecule has 1 aromatic rings. The Balaban J connectivity index is 2.91. The molecular weight excluding hydrogens is 160 g/mol. The predicted octanol–water partition coefficient (Wildman–Crippen LogP) is 1.59. The number of aryl methyl sites for hydroxylation is 1. The van der Waals surface area contributed by atoms with Gasteiger partial charge in [-0.2, -0.15) is 0 Å². The lowest BCUT2D eigenvalue weighted by molar-refractivity contribution is -0.119. The van der Waals surface area contributed by atoms with E-state index in [0.717, 1.165) is 5.56 Å². The predicted molar refractivity (Wildman–Crippen MR) is 41.9 cm³/mol. The van der Waals surface area contributed by atoms with Gasteiger partial charge in [-0.3, -0.25) is 0 Å². The Kier molecular flexibility index (Phi) is 2.73. The molecule has 0 aliphatic carbocycles. The zero-order valence-electron chi connectivity index (χ0n) is 7.33. The normalized spacial score (nSPS) is 11.0. The van der Waals surface area contributed by atoms with Gasteiger partial charge in [-0.05, 0) is 12.5 Å². The van der Waals surface area contributed by atoms with E-state index in [1.165, 1.54) is 20.3 Å². The first kappa shape index (κ1) is 9.09. The van der Waals surface area contributed by atoms with Gasteiger partial charge in [0.05, 0.1) is 0 Å². The summed E-state index contributed by atoms with van der Waals surface area (Å²) in [4.78, 5) is 0. The van der Waals surface area contributed by atoms with Crippen LogP contribution in [0.5, 0.6) is 5.95 Å². The number of furan rings is 1. The molecule has 1 rings (SSSR count). The van der Waals surface area contributed by atoms with Crippen molar-refractivity contribution < 1.29 is 19.0 Å². The lowest BCUT2D eigenvalue weighted by atomic mass is 10.3. The van der Waals surface area contributed by atoms with Crippen LogP contribution in [-0.2, 0) is 9.47 Å². The maximum atomic E-state index is 9.00. The molecule has 0 bridgehead atoms. The van der Waals surface area contributed by atoms with E-state index in [2.05, 4.69) is 0 Å². The second-order valence-electron chi connectivity index (χ2n) is 2.44. The van der Waals surface area contributed by atoms with Gasteiger partial charge in [0.1, 0.15) is 0 Å². The first-order chi connectivity index (χ1) is 5.69. The molecule has 1 aromatic heterocycles. The third kappa shape index (κ3) is 1.60. The van der Waals surface area contributed by atoms with Gasteiger partial charge in [0, 0.05) is 20.3 Å². The van der Waals surface area contributed by atoms with E-state index in [0.29, 0.717) is 5.76 Å². The largest absolute Gasteiger partial charge is 0.481 e. The second-order valence-corrected chi connectivity index (χ2v) is 2.44. The summed E-state index contributed by atoms with van der Waals surface area (Å²) in [6.45, 7) is 1.81. The lowest BCUT2D eigenvalue weighted by Gasteiger charge is -2.10. The molecule has 1 N–H and O–H groups in total. The van der Waals surface area contributed by atoms with Gasteiger partial charge < -0.3 is 19.0 Å². The van der Waals surface area contributed by atoms with E-state index >= 15 is 0 Å². The highest BCUT2D eigenvalue weighted by Gasteiger charge is 2.17. The van der Waals surface area contributed by atoms with Crippen molar-refractivity contribution in [3.8, 4) is 5.95 Å². The van der Waals surface area contributed by atoms with Crippen LogP contribution < -0.4 is 0 Å². The Morgan fingerprint density at radius 2 is 2.00 bits per heavy atom. The van der Waals surface area contributed by atoms with Crippen molar-refractivity contribution in [2.45, 2.75) is 13.2 Å². The van der Waals surface area contributed by atoms with E-state index in [4.69, 9.17) is 19.0 Å². The molecule has 12 heavy (non-hydrogen) atoms.